The van der Waals surface area contributed by atoms with Crippen LogP contribution < -0.4 is 10.6 Å². The van der Waals surface area contributed by atoms with Gasteiger partial charge in [-0.2, -0.15) is 0 Å². The Balaban J connectivity index is 1.97. The molecule has 1 heterocycles. The maximum atomic E-state index is 12.4. The lowest BCUT2D eigenvalue weighted by Crippen LogP contribution is -2.66. The third-order valence-electron chi connectivity index (χ3n) is 5.05. The van der Waals surface area contributed by atoms with E-state index in [1.807, 2.05) is 0 Å². The quantitative estimate of drug-likeness (QED) is 0.757. The van der Waals surface area contributed by atoms with Crippen molar-refractivity contribution in [2.45, 2.75) is 70.4 Å². The van der Waals surface area contributed by atoms with E-state index in [4.69, 9.17) is 0 Å². The summed E-state index contributed by atoms with van der Waals surface area (Å²) in [7, 11) is 0. The number of hydrogen-bond donors (Lipinski definition) is 2. The van der Waals surface area contributed by atoms with Gasteiger partial charge in [-0.1, -0.05) is 32.6 Å². The number of piperazine rings is 1. The molecule has 0 aromatic carbocycles. The monoisotopic (exact) mass is 281 g/mol. The largest absolute Gasteiger partial charge is 0.355 e. The molecule has 1 aliphatic heterocycles. The summed E-state index contributed by atoms with van der Waals surface area (Å²) in [5.74, 6) is 0.213. The van der Waals surface area contributed by atoms with E-state index < -0.39 is 0 Å². The van der Waals surface area contributed by atoms with Gasteiger partial charge in [-0.25, -0.2) is 0 Å². The zero-order chi connectivity index (χ0) is 14.4. The lowest BCUT2D eigenvalue weighted by Gasteiger charge is -2.51. The number of hydrogen-bond acceptors (Lipinski definition) is 3. The third kappa shape index (κ3) is 3.53. The average Bonchev–Trinajstić information content (AvgIpc) is 2.48. The van der Waals surface area contributed by atoms with E-state index in [0.29, 0.717) is 0 Å². The molecule has 1 aliphatic carbocycles. The van der Waals surface area contributed by atoms with Gasteiger partial charge in [0.1, 0.15) is 0 Å². The highest BCUT2D eigenvalue weighted by Gasteiger charge is 2.43. The maximum Gasteiger partial charge on any atom is 0.237 e. The molecule has 4 nitrogen and oxygen atoms in total. The minimum Gasteiger partial charge on any atom is -0.355 e. The summed E-state index contributed by atoms with van der Waals surface area (Å²) in [6.45, 7) is 8.13. The molecular formula is C16H31N3O. The van der Waals surface area contributed by atoms with Crippen molar-refractivity contribution in [1.82, 2.24) is 15.5 Å². The summed E-state index contributed by atoms with van der Waals surface area (Å²) in [6, 6.07) is 0.00653. The van der Waals surface area contributed by atoms with Crippen molar-refractivity contribution in [2.75, 3.05) is 26.2 Å². The van der Waals surface area contributed by atoms with Crippen LogP contribution in [-0.4, -0.2) is 48.6 Å². The van der Waals surface area contributed by atoms with Gasteiger partial charge in [-0.15, -0.1) is 0 Å². The van der Waals surface area contributed by atoms with E-state index in [1.54, 1.807) is 0 Å². The Morgan fingerprint density at radius 3 is 2.80 bits per heavy atom. The van der Waals surface area contributed by atoms with Crippen molar-refractivity contribution in [2.24, 2.45) is 0 Å². The third-order valence-corrected chi connectivity index (χ3v) is 5.05. The standard InChI is InChI=1S/C16H31N3O/c1-3-4-10-18-15(20)14(2)19-12-11-17-13-16(19)8-6-5-7-9-16/h14,17H,3-13H2,1-2H3,(H,18,20). The molecule has 1 atom stereocenters. The van der Waals surface area contributed by atoms with Gasteiger partial charge in [-0.05, 0) is 26.2 Å². The Hall–Kier alpha value is -0.610. The lowest BCUT2D eigenvalue weighted by molar-refractivity contribution is -0.130. The van der Waals surface area contributed by atoms with Gasteiger partial charge in [0, 0.05) is 31.7 Å². The maximum absolute atomic E-state index is 12.4. The van der Waals surface area contributed by atoms with E-state index >= 15 is 0 Å². The zero-order valence-corrected chi connectivity index (χ0v) is 13.2. The summed E-state index contributed by atoms with van der Waals surface area (Å²) in [5.41, 5.74) is 0.234. The molecule has 1 saturated carbocycles. The van der Waals surface area contributed by atoms with Crippen LogP contribution in [0.2, 0.25) is 0 Å². The Labute approximate surface area is 123 Å². The molecule has 1 amide bonds. The molecule has 4 heteroatoms. The van der Waals surface area contributed by atoms with Crippen molar-refractivity contribution < 1.29 is 4.79 Å². The first-order chi connectivity index (χ1) is 9.69. The fraction of sp³-hybridized carbons (Fsp3) is 0.938. The number of carbonyl (C=O) groups is 1. The SMILES string of the molecule is CCCCNC(=O)C(C)N1CCNCC12CCCCC2. The molecular weight excluding hydrogens is 250 g/mol. The lowest BCUT2D eigenvalue weighted by atomic mass is 9.78. The first-order valence-electron chi connectivity index (χ1n) is 8.45. The Bertz CT molecular complexity index is 305. The van der Waals surface area contributed by atoms with Crippen LogP contribution in [-0.2, 0) is 4.79 Å². The molecule has 2 rings (SSSR count). The number of nitrogens with one attached hydrogen (secondary N) is 2. The van der Waals surface area contributed by atoms with Gasteiger partial charge in [0.15, 0.2) is 0 Å². The molecule has 0 bridgehead atoms. The minimum absolute atomic E-state index is 0.00653. The van der Waals surface area contributed by atoms with Gasteiger partial charge in [0.2, 0.25) is 5.91 Å². The first-order valence-corrected chi connectivity index (χ1v) is 8.45. The highest BCUT2D eigenvalue weighted by Crippen LogP contribution is 2.35. The van der Waals surface area contributed by atoms with Crippen LogP contribution in [0.1, 0.15) is 58.8 Å². The van der Waals surface area contributed by atoms with E-state index in [0.717, 1.165) is 39.0 Å². The highest BCUT2D eigenvalue weighted by atomic mass is 16.2. The van der Waals surface area contributed by atoms with Crippen LogP contribution in [0.25, 0.3) is 0 Å². The minimum atomic E-state index is 0.00653. The topological polar surface area (TPSA) is 44.4 Å². The second kappa shape index (κ2) is 7.41. The van der Waals surface area contributed by atoms with Crippen LogP contribution in [0.4, 0.5) is 0 Å². The number of carbonyl (C=O) groups excluding carboxylic acids is 1. The molecule has 20 heavy (non-hydrogen) atoms. The predicted octanol–water partition coefficient (Wildman–Crippen LogP) is 1.90. The summed E-state index contributed by atoms with van der Waals surface area (Å²) in [5, 5.41) is 6.65. The molecule has 2 N–H and O–H groups in total. The van der Waals surface area contributed by atoms with Crippen LogP contribution >= 0.6 is 0 Å². The zero-order valence-electron chi connectivity index (χ0n) is 13.2. The predicted molar refractivity (Wildman–Crippen MR) is 82.8 cm³/mol. The summed E-state index contributed by atoms with van der Waals surface area (Å²) in [6.07, 6.45) is 8.66. The number of unbranched alkanes of at least 4 members (excludes halogenated alkanes) is 1. The molecule has 2 fully saturated rings. The summed E-state index contributed by atoms with van der Waals surface area (Å²) < 4.78 is 0. The number of rotatable bonds is 5. The molecule has 0 aromatic rings. The second-order valence-corrected chi connectivity index (χ2v) is 6.48. The van der Waals surface area contributed by atoms with Crippen LogP contribution in [0.3, 0.4) is 0 Å². The molecule has 0 aromatic heterocycles. The highest BCUT2D eigenvalue weighted by molar-refractivity contribution is 5.81. The molecule has 2 aliphatic rings. The van der Waals surface area contributed by atoms with E-state index in [1.165, 1.54) is 32.1 Å². The molecule has 1 saturated heterocycles. The normalized spacial score (nSPS) is 24.5. The van der Waals surface area contributed by atoms with Crippen molar-refractivity contribution in [3.8, 4) is 0 Å². The fourth-order valence-electron chi connectivity index (χ4n) is 3.82. The van der Waals surface area contributed by atoms with Crippen LogP contribution in [0.15, 0.2) is 0 Å². The van der Waals surface area contributed by atoms with E-state index in [2.05, 4.69) is 29.4 Å². The smallest absolute Gasteiger partial charge is 0.237 e. The van der Waals surface area contributed by atoms with Crippen LogP contribution in [0.5, 0.6) is 0 Å². The molecule has 0 radical (unpaired) electrons. The average molecular weight is 281 g/mol. The van der Waals surface area contributed by atoms with Gasteiger partial charge in [-0.3, -0.25) is 9.69 Å². The summed E-state index contributed by atoms with van der Waals surface area (Å²) >= 11 is 0. The van der Waals surface area contributed by atoms with Gasteiger partial charge in [0.05, 0.1) is 6.04 Å². The van der Waals surface area contributed by atoms with Gasteiger partial charge < -0.3 is 10.6 Å². The Morgan fingerprint density at radius 1 is 1.35 bits per heavy atom. The summed E-state index contributed by atoms with van der Waals surface area (Å²) in [4.78, 5) is 14.9. The second-order valence-electron chi connectivity index (χ2n) is 6.48. The van der Waals surface area contributed by atoms with Gasteiger partial charge >= 0.3 is 0 Å². The van der Waals surface area contributed by atoms with Crippen molar-refractivity contribution >= 4 is 5.91 Å². The van der Waals surface area contributed by atoms with E-state index in [-0.39, 0.29) is 17.5 Å². The Kier molecular flexibility index (Phi) is 5.85. The van der Waals surface area contributed by atoms with Crippen LogP contribution in [0, 0.1) is 0 Å². The first kappa shape index (κ1) is 15.8. The van der Waals surface area contributed by atoms with Crippen molar-refractivity contribution in [3.05, 3.63) is 0 Å². The van der Waals surface area contributed by atoms with Crippen molar-refractivity contribution in [3.63, 3.8) is 0 Å². The van der Waals surface area contributed by atoms with E-state index in [9.17, 15) is 4.79 Å². The van der Waals surface area contributed by atoms with Gasteiger partial charge in [0.25, 0.3) is 0 Å². The Morgan fingerprint density at radius 2 is 2.10 bits per heavy atom. The molecule has 1 spiro atoms. The van der Waals surface area contributed by atoms with Crippen molar-refractivity contribution in [1.29, 1.82) is 0 Å². The molecule has 116 valence electrons. The number of amides is 1. The fourth-order valence-corrected chi connectivity index (χ4v) is 3.82. The number of nitrogens with zero attached hydrogens (tertiary/aromatic N) is 1. The molecule has 1 unspecified atom stereocenters.